The number of hydrogen-bond acceptors (Lipinski definition) is 8. The summed E-state index contributed by atoms with van der Waals surface area (Å²) < 4.78 is 56.5. The van der Waals surface area contributed by atoms with E-state index in [4.69, 9.17) is 0 Å². The number of aromatic nitrogens is 3. The Morgan fingerprint density at radius 2 is 1.78 bits per heavy atom. The number of amides is 1. The third-order valence-electron chi connectivity index (χ3n) is 7.35. The normalized spacial score (nSPS) is 16.9. The van der Waals surface area contributed by atoms with E-state index in [2.05, 4.69) is 25.2 Å². The number of anilines is 1. The number of alkyl halides is 2. The first-order valence-corrected chi connectivity index (χ1v) is 16.4. The molecule has 0 radical (unpaired) electrons. The van der Waals surface area contributed by atoms with Gasteiger partial charge < -0.3 is 5.32 Å². The summed E-state index contributed by atoms with van der Waals surface area (Å²) in [5, 5.41) is 12.8. The summed E-state index contributed by atoms with van der Waals surface area (Å²) in [6.07, 6.45) is 2.91. The molecular weight excluding hydrogens is 589 g/mol. The molecule has 2 aliphatic rings. The molecule has 1 unspecified atom stereocenters. The lowest BCUT2D eigenvalue weighted by atomic mass is 10.0. The first-order valence-electron chi connectivity index (χ1n) is 13.3. The van der Waals surface area contributed by atoms with Crippen molar-refractivity contribution in [3.8, 4) is 10.6 Å². The molecule has 4 aromatic rings. The predicted molar refractivity (Wildman–Crippen MR) is 154 cm³/mol. The van der Waals surface area contributed by atoms with Crippen LogP contribution in [0.5, 0.6) is 0 Å². The zero-order chi connectivity index (χ0) is 28.9. The van der Waals surface area contributed by atoms with Gasteiger partial charge in [-0.3, -0.25) is 9.52 Å². The van der Waals surface area contributed by atoms with Gasteiger partial charge in [0.2, 0.25) is 5.13 Å². The zero-order valence-electron chi connectivity index (χ0n) is 22.3. The molecule has 2 aromatic carbocycles. The highest BCUT2D eigenvalue weighted by atomic mass is 32.2. The average Bonchev–Trinajstić information content (AvgIpc) is 3.36. The highest BCUT2D eigenvalue weighted by molar-refractivity contribution is 7.93. The molecule has 0 aliphatic heterocycles. The van der Waals surface area contributed by atoms with Crippen molar-refractivity contribution in [1.29, 1.82) is 0 Å². The van der Waals surface area contributed by atoms with Gasteiger partial charge in [0, 0.05) is 29.5 Å². The second-order valence-corrected chi connectivity index (χ2v) is 14.1. The maximum Gasteiger partial charge on any atom is 0.273 e. The fraction of sp³-hybridized carbons (Fsp3) is 0.357. The summed E-state index contributed by atoms with van der Waals surface area (Å²) in [4.78, 5) is 18.3. The lowest BCUT2D eigenvalue weighted by Gasteiger charge is -2.14. The number of benzene rings is 2. The van der Waals surface area contributed by atoms with E-state index >= 15 is 0 Å². The second kappa shape index (κ2) is 10.5. The van der Waals surface area contributed by atoms with Crippen molar-refractivity contribution < 1.29 is 22.0 Å². The number of carbonyl (C=O) groups excluding carboxylic acids is 1. The van der Waals surface area contributed by atoms with Crippen molar-refractivity contribution in [3.05, 3.63) is 74.7 Å². The SMILES string of the molecule is CCC(F)(F)c1ccc(-c2nc(C)c(C(=O)NC3Cc4ccc(S(=O)(=O)Nc5nnc(C6CC6)s5)cc4C3)s2)cc1. The van der Waals surface area contributed by atoms with E-state index in [0.717, 1.165) is 29.0 Å². The quantitative estimate of drug-likeness (QED) is 0.237. The molecule has 2 N–H and O–H groups in total. The number of carbonyl (C=O) groups is 1. The largest absolute Gasteiger partial charge is 0.348 e. The maximum absolute atomic E-state index is 14.0. The van der Waals surface area contributed by atoms with Crippen molar-refractivity contribution in [2.75, 3.05) is 4.72 Å². The molecule has 0 spiro atoms. The van der Waals surface area contributed by atoms with Gasteiger partial charge in [-0.25, -0.2) is 22.2 Å². The first-order chi connectivity index (χ1) is 19.5. The van der Waals surface area contributed by atoms with E-state index < -0.39 is 15.9 Å². The zero-order valence-corrected chi connectivity index (χ0v) is 24.7. The molecule has 13 heteroatoms. The van der Waals surface area contributed by atoms with Gasteiger partial charge >= 0.3 is 0 Å². The van der Waals surface area contributed by atoms with Gasteiger partial charge in [0.15, 0.2) is 0 Å². The minimum atomic E-state index is -3.83. The molecule has 214 valence electrons. The van der Waals surface area contributed by atoms with Crippen LogP contribution in [0.3, 0.4) is 0 Å². The van der Waals surface area contributed by atoms with Gasteiger partial charge in [-0.2, -0.15) is 0 Å². The van der Waals surface area contributed by atoms with E-state index in [-0.39, 0.29) is 34.0 Å². The minimum absolute atomic E-state index is 0.0505. The molecule has 2 aliphatic carbocycles. The number of rotatable bonds is 9. The second-order valence-electron chi connectivity index (χ2n) is 10.4. The number of sulfonamides is 1. The maximum atomic E-state index is 14.0. The highest BCUT2D eigenvalue weighted by Gasteiger charge is 2.31. The van der Waals surface area contributed by atoms with Crippen LogP contribution in [0.25, 0.3) is 10.6 Å². The number of fused-ring (bicyclic) bond motifs is 1. The smallest absolute Gasteiger partial charge is 0.273 e. The Morgan fingerprint density at radius 3 is 2.49 bits per heavy atom. The van der Waals surface area contributed by atoms with E-state index in [0.29, 0.717) is 39.9 Å². The molecule has 41 heavy (non-hydrogen) atoms. The number of halogens is 2. The van der Waals surface area contributed by atoms with Crippen molar-refractivity contribution in [3.63, 3.8) is 0 Å². The van der Waals surface area contributed by atoms with Crippen LogP contribution in [0.4, 0.5) is 13.9 Å². The standard InChI is InChI=1S/C28H27F2N5O3S3/c1-3-28(29,30)20-9-6-16(7-10-20)25-31-15(2)23(39-25)24(36)32-21-12-18-8-11-22(14-19(18)13-21)41(37,38)35-27-34-33-26(40-27)17-4-5-17/h6-11,14,17,21H,3-5,12-13H2,1-2H3,(H,32,36)(H,34,35). The third kappa shape index (κ3) is 5.75. The summed E-state index contributed by atoms with van der Waals surface area (Å²) in [6.45, 7) is 3.18. The summed E-state index contributed by atoms with van der Waals surface area (Å²) in [6, 6.07) is 10.8. The van der Waals surface area contributed by atoms with Crippen molar-refractivity contribution in [1.82, 2.24) is 20.5 Å². The van der Waals surface area contributed by atoms with E-state index in [1.165, 1.54) is 41.7 Å². The molecule has 2 heterocycles. The van der Waals surface area contributed by atoms with Crippen LogP contribution in [0, 0.1) is 6.92 Å². The van der Waals surface area contributed by atoms with Gasteiger partial charge in [0.25, 0.3) is 21.9 Å². The highest BCUT2D eigenvalue weighted by Crippen LogP contribution is 2.42. The number of hydrogen-bond donors (Lipinski definition) is 2. The van der Waals surface area contributed by atoms with Gasteiger partial charge in [0.05, 0.1) is 10.6 Å². The molecule has 8 nitrogen and oxygen atoms in total. The molecule has 1 atom stereocenters. The molecule has 1 fully saturated rings. The van der Waals surface area contributed by atoms with Gasteiger partial charge in [-0.1, -0.05) is 48.6 Å². The molecule has 0 saturated heterocycles. The Balaban J connectivity index is 1.11. The number of nitrogens with zero attached hydrogens (tertiary/aromatic N) is 3. The number of aryl methyl sites for hydroxylation is 1. The average molecular weight is 616 g/mol. The van der Waals surface area contributed by atoms with Gasteiger partial charge in [-0.15, -0.1) is 21.5 Å². The third-order valence-corrected chi connectivity index (χ3v) is 11.0. The summed E-state index contributed by atoms with van der Waals surface area (Å²) >= 11 is 2.48. The predicted octanol–water partition coefficient (Wildman–Crippen LogP) is 6.05. The van der Waals surface area contributed by atoms with Crippen molar-refractivity contribution in [2.45, 2.75) is 68.7 Å². The van der Waals surface area contributed by atoms with Gasteiger partial charge in [0.1, 0.15) is 14.9 Å². The Labute approximate surface area is 244 Å². The lowest BCUT2D eigenvalue weighted by Crippen LogP contribution is -2.35. The fourth-order valence-corrected chi connectivity index (χ4v) is 8.02. The number of thiazole rings is 1. The van der Waals surface area contributed by atoms with Crippen LogP contribution in [0.2, 0.25) is 0 Å². The summed E-state index contributed by atoms with van der Waals surface area (Å²) in [5.41, 5.74) is 3.01. The van der Waals surface area contributed by atoms with Crippen LogP contribution < -0.4 is 10.0 Å². The summed E-state index contributed by atoms with van der Waals surface area (Å²) in [5.74, 6) is -2.76. The number of nitrogens with one attached hydrogen (secondary N) is 2. The Kier molecular flexibility index (Phi) is 7.15. The Hall–Kier alpha value is -3.29. The Morgan fingerprint density at radius 1 is 1.05 bits per heavy atom. The molecule has 2 aromatic heterocycles. The molecule has 1 amide bonds. The Bertz CT molecular complexity index is 1730. The monoisotopic (exact) mass is 615 g/mol. The molecule has 0 bridgehead atoms. The van der Waals surface area contributed by atoms with Crippen LogP contribution in [-0.2, 0) is 28.8 Å². The van der Waals surface area contributed by atoms with E-state index in [9.17, 15) is 22.0 Å². The minimum Gasteiger partial charge on any atom is -0.348 e. The lowest BCUT2D eigenvalue weighted by molar-refractivity contribution is -0.00827. The van der Waals surface area contributed by atoms with Crippen molar-refractivity contribution in [2.24, 2.45) is 0 Å². The van der Waals surface area contributed by atoms with Crippen LogP contribution >= 0.6 is 22.7 Å². The molecule has 1 saturated carbocycles. The van der Waals surface area contributed by atoms with E-state index in [1.807, 2.05) is 0 Å². The molecular formula is C28H27F2N5O3S3. The summed E-state index contributed by atoms with van der Waals surface area (Å²) in [7, 11) is -3.83. The topological polar surface area (TPSA) is 114 Å². The van der Waals surface area contributed by atoms with Gasteiger partial charge in [-0.05, 0) is 55.9 Å². The van der Waals surface area contributed by atoms with Crippen LogP contribution in [0.1, 0.15) is 69.2 Å². The van der Waals surface area contributed by atoms with Crippen molar-refractivity contribution >= 4 is 43.7 Å². The fourth-order valence-electron chi connectivity index (χ4n) is 4.85. The van der Waals surface area contributed by atoms with Crippen LogP contribution in [-0.4, -0.2) is 35.5 Å². The van der Waals surface area contributed by atoms with E-state index in [1.54, 1.807) is 37.3 Å². The van der Waals surface area contributed by atoms with Crippen LogP contribution in [0.15, 0.2) is 47.4 Å². The molecule has 6 rings (SSSR count). The first kappa shape index (κ1) is 27.9.